The number of fused-ring (bicyclic) bond motifs is 3. The van der Waals surface area contributed by atoms with Crippen LogP contribution in [0.25, 0.3) is 20.3 Å². The molecule has 170 valence electrons. The van der Waals surface area contributed by atoms with E-state index in [1.807, 2.05) is 42.5 Å². The van der Waals surface area contributed by atoms with Crippen molar-refractivity contribution in [3.63, 3.8) is 0 Å². The summed E-state index contributed by atoms with van der Waals surface area (Å²) in [4.78, 5) is 35.2. The molecule has 9 heteroatoms. The number of nitrogens with zero attached hydrogens (tertiary/aromatic N) is 3. The van der Waals surface area contributed by atoms with Crippen LogP contribution in [0.5, 0.6) is 0 Å². The summed E-state index contributed by atoms with van der Waals surface area (Å²) in [6.45, 7) is 1.55. The second-order valence-electron chi connectivity index (χ2n) is 7.93. The van der Waals surface area contributed by atoms with E-state index in [2.05, 4.69) is 10.3 Å². The molecule has 1 aromatic carbocycles. The Morgan fingerprint density at radius 3 is 2.94 bits per heavy atom. The molecule has 0 bridgehead atoms. The fourth-order valence-corrected chi connectivity index (χ4v) is 5.94. The average molecular weight is 481 g/mol. The molecular formula is C24H24N4O3S2. The smallest absolute Gasteiger partial charge is 0.272 e. The molecule has 1 amide bonds. The molecule has 0 saturated carbocycles. The third-order valence-corrected chi connectivity index (χ3v) is 7.79. The standard InChI is InChI=1S/C24H24N4O3S2/c29-20(26-14-17-7-5-13-31-17)10-12-28-23(30)22-21(18-8-1-2-9-19(18)33-22)27-24(28)32-15-16-6-3-4-11-25-16/h1-4,6,8-9,11,17H,5,7,10,12-15H2,(H,26,29). The Hall–Kier alpha value is -2.75. The molecule has 1 aliphatic rings. The van der Waals surface area contributed by atoms with Crippen molar-refractivity contribution in [2.75, 3.05) is 13.2 Å². The van der Waals surface area contributed by atoms with Crippen LogP contribution in [0.2, 0.25) is 0 Å². The maximum atomic E-state index is 13.5. The van der Waals surface area contributed by atoms with Gasteiger partial charge in [-0.1, -0.05) is 36.0 Å². The van der Waals surface area contributed by atoms with E-state index in [-0.39, 0.29) is 30.5 Å². The molecule has 3 aromatic heterocycles. The number of benzene rings is 1. The molecule has 7 nitrogen and oxygen atoms in total. The lowest BCUT2D eigenvalue weighted by Crippen LogP contribution is -2.33. The number of hydrogen-bond acceptors (Lipinski definition) is 7. The van der Waals surface area contributed by atoms with Crippen LogP contribution in [-0.4, -0.2) is 39.7 Å². The van der Waals surface area contributed by atoms with Gasteiger partial charge in [0.1, 0.15) is 4.70 Å². The predicted octanol–water partition coefficient (Wildman–Crippen LogP) is 3.98. The number of carbonyl (C=O) groups excluding carboxylic acids is 1. The molecule has 1 fully saturated rings. The number of carbonyl (C=O) groups is 1. The number of nitrogens with one attached hydrogen (secondary N) is 1. The highest BCUT2D eigenvalue weighted by molar-refractivity contribution is 7.98. The number of hydrogen-bond donors (Lipinski definition) is 1. The van der Waals surface area contributed by atoms with Crippen LogP contribution in [0.4, 0.5) is 0 Å². The normalized spacial score (nSPS) is 15.9. The first-order valence-corrected chi connectivity index (χ1v) is 12.8. The maximum Gasteiger partial charge on any atom is 0.272 e. The molecule has 4 aromatic rings. The van der Waals surface area contributed by atoms with Crippen LogP contribution in [0.1, 0.15) is 25.0 Å². The number of rotatable bonds is 8. The van der Waals surface area contributed by atoms with Gasteiger partial charge >= 0.3 is 0 Å². The largest absolute Gasteiger partial charge is 0.376 e. The number of amides is 1. The van der Waals surface area contributed by atoms with Gasteiger partial charge in [0.25, 0.3) is 5.56 Å². The third kappa shape index (κ3) is 4.95. The molecule has 33 heavy (non-hydrogen) atoms. The van der Waals surface area contributed by atoms with Gasteiger partial charge in [-0.15, -0.1) is 11.3 Å². The number of thioether (sulfide) groups is 1. The summed E-state index contributed by atoms with van der Waals surface area (Å²) in [6, 6.07) is 13.7. The zero-order valence-corrected chi connectivity index (χ0v) is 19.7. The number of pyridine rings is 1. The Kier molecular flexibility index (Phi) is 6.70. The first-order valence-electron chi connectivity index (χ1n) is 11.0. The van der Waals surface area contributed by atoms with Crippen LogP contribution >= 0.6 is 23.1 Å². The highest BCUT2D eigenvalue weighted by atomic mass is 32.2. The predicted molar refractivity (Wildman–Crippen MR) is 132 cm³/mol. The highest BCUT2D eigenvalue weighted by Crippen LogP contribution is 2.32. The van der Waals surface area contributed by atoms with E-state index < -0.39 is 0 Å². The molecule has 4 heterocycles. The minimum atomic E-state index is -0.100. The van der Waals surface area contributed by atoms with E-state index >= 15 is 0 Å². The van der Waals surface area contributed by atoms with Crippen molar-refractivity contribution >= 4 is 49.3 Å². The summed E-state index contributed by atoms with van der Waals surface area (Å²) in [5.74, 6) is 0.501. The van der Waals surface area contributed by atoms with Gasteiger partial charge < -0.3 is 10.1 Å². The molecular weight excluding hydrogens is 456 g/mol. The second-order valence-corrected chi connectivity index (χ2v) is 9.92. The Bertz CT molecular complexity index is 1330. The summed E-state index contributed by atoms with van der Waals surface area (Å²) < 4.78 is 8.86. The maximum absolute atomic E-state index is 13.5. The lowest BCUT2D eigenvalue weighted by Gasteiger charge is -2.13. The van der Waals surface area contributed by atoms with E-state index in [0.29, 0.717) is 22.2 Å². The summed E-state index contributed by atoms with van der Waals surface area (Å²) >= 11 is 2.92. The van der Waals surface area contributed by atoms with E-state index in [1.165, 1.54) is 23.1 Å². The fraction of sp³-hybridized carbons (Fsp3) is 0.333. The van der Waals surface area contributed by atoms with Crippen molar-refractivity contribution in [2.24, 2.45) is 0 Å². The SMILES string of the molecule is O=C(CCn1c(SCc2ccccn2)nc2c(sc3ccccc32)c1=O)NCC1CCCO1. The molecule has 0 spiro atoms. The summed E-state index contributed by atoms with van der Waals surface area (Å²) in [6.07, 6.45) is 4.07. The molecule has 1 atom stereocenters. The number of ether oxygens (including phenoxy) is 1. The fourth-order valence-electron chi connectivity index (χ4n) is 3.92. The molecule has 0 aliphatic carbocycles. The Balaban J connectivity index is 1.41. The van der Waals surface area contributed by atoms with Crippen LogP contribution in [-0.2, 0) is 21.8 Å². The summed E-state index contributed by atoms with van der Waals surface area (Å²) in [5.41, 5.74) is 1.53. The van der Waals surface area contributed by atoms with Gasteiger partial charge in [-0.05, 0) is 31.0 Å². The summed E-state index contributed by atoms with van der Waals surface area (Å²) in [5, 5.41) is 4.52. The van der Waals surface area contributed by atoms with Crippen molar-refractivity contribution < 1.29 is 9.53 Å². The number of aromatic nitrogens is 3. The van der Waals surface area contributed by atoms with E-state index in [0.717, 1.165) is 40.7 Å². The van der Waals surface area contributed by atoms with E-state index in [1.54, 1.807) is 10.8 Å². The quantitative estimate of drug-likeness (QED) is 0.303. The highest BCUT2D eigenvalue weighted by Gasteiger charge is 2.19. The minimum absolute atomic E-state index is 0.0884. The zero-order valence-electron chi connectivity index (χ0n) is 18.0. The van der Waals surface area contributed by atoms with E-state index in [4.69, 9.17) is 9.72 Å². The van der Waals surface area contributed by atoms with E-state index in [9.17, 15) is 9.59 Å². The second kappa shape index (κ2) is 10.0. The van der Waals surface area contributed by atoms with Gasteiger partial charge in [-0.3, -0.25) is 19.1 Å². The van der Waals surface area contributed by atoms with Crippen LogP contribution in [0, 0.1) is 0 Å². The van der Waals surface area contributed by atoms with Crippen molar-refractivity contribution in [3.8, 4) is 0 Å². The van der Waals surface area contributed by atoms with Gasteiger partial charge in [0.2, 0.25) is 5.91 Å². The van der Waals surface area contributed by atoms with Gasteiger partial charge in [-0.25, -0.2) is 4.98 Å². The van der Waals surface area contributed by atoms with Crippen molar-refractivity contribution in [1.29, 1.82) is 0 Å². The summed E-state index contributed by atoms with van der Waals surface area (Å²) in [7, 11) is 0. The van der Waals surface area contributed by atoms with Crippen LogP contribution in [0.15, 0.2) is 58.6 Å². The van der Waals surface area contributed by atoms with Crippen LogP contribution < -0.4 is 10.9 Å². The van der Waals surface area contributed by atoms with Gasteiger partial charge in [0.15, 0.2) is 5.16 Å². The van der Waals surface area contributed by atoms with Crippen molar-refractivity contribution in [2.45, 2.75) is 42.8 Å². The Labute approximate surface area is 199 Å². The van der Waals surface area contributed by atoms with Crippen molar-refractivity contribution in [1.82, 2.24) is 19.9 Å². The Morgan fingerprint density at radius 1 is 1.24 bits per heavy atom. The number of thiophene rings is 1. The van der Waals surface area contributed by atoms with Crippen molar-refractivity contribution in [3.05, 3.63) is 64.7 Å². The molecule has 5 rings (SSSR count). The monoisotopic (exact) mass is 480 g/mol. The Morgan fingerprint density at radius 2 is 2.12 bits per heavy atom. The minimum Gasteiger partial charge on any atom is -0.376 e. The first-order chi connectivity index (χ1) is 16.2. The first kappa shape index (κ1) is 22.1. The van der Waals surface area contributed by atoms with Gasteiger partial charge in [0.05, 0.1) is 17.3 Å². The van der Waals surface area contributed by atoms with Gasteiger partial charge in [0, 0.05) is 48.2 Å². The lowest BCUT2D eigenvalue weighted by molar-refractivity contribution is -0.121. The third-order valence-electron chi connectivity index (χ3n) is 5.64. The van der Waals surface area contributed by atoms with Crippen LogP contribution in [0.3, 0.4) is 0 Å². The molecule has 0 radical (unpaired) electrons. The van der Waals surface area contributed by atoms with Gasteiger partial charge in [-0.2, -0.15) is 0 Å². The molecule has 1 unspecified atom stereocenters. The average Bonchev–Trinajstić information content (AvgIpc) is 3.50. The zero-order chi connectivity index (χ0) is 22.6. The molecule has 1 saturated heterocycles. The molecule has 1 N–H and O–H groups in total. The molecule has 1 aliphatic heterocycles. The topological polar surface area (TPSA) is 86.1 Å². The lowest BCUT2D eigenvalue weighted by atomic mass is 10.2.